The molecule has 1 saturated carbocycles. The van der Waals surface area contributed by atoms with E-state index in [1.54, 1.807) is 0 Å². The van der Waals surface area contributed by atoms with E-state index < -0.39 is 17.7 Å². The van der Waals surface area contributed by atoms with Crippen LogP contribution in [0, 0.1) is 17.6 Å². The van der Waals surface area contributed by atoms with Crippen molar-refractivity contribution in [3.63, 3.8) is 0 Å². The Kier molecular flexibility index (Phi) is 3.59. The molecule has 3 N–H and O–H groups in total. The van der Waals surface area contributed by atoms with Gasteiger partial charge in [-0.05, 0) is 30.9 Å². The summed E-state index contributed by atoms with van der Waals surface area (Å²) >= 11 is 0. The largest absolute Gasteiger partial charge is 0.483 e. The zero-order chi connectivity index (χ0) is 12.4. The molecular formula is C12H15F2NO2. The summed E-state index contributed by atoms with van der Waals surface area (Å²) in [6, 6.07) is 2.61. The first-order valence-corrected chi connectivity index (χ1v) is 5.60. The summed E-state index contributed by atoms with van der Waals surface area (Å²) in [7, 11) is 0. The van der Waals surface area contributed by atoms with E-state index in [1.807, 2.05) is 0 Å². The lowest BCUT2D eigenvalue weighted by atomic mass is 10.1. The Morgan fingerprint density at radius 2 is 2.12 bits per heavy atom. The topological polar surface area (TPSA) is 55.5 Å². The molecule has 0 aliphatic heterocycles. The smallest absolute Gasteiger partial charge is 0.165 e. The van der Waals surface area contributed by atoms with Crippen LogP contribution in [0.5, 0.6) is 5.75 Å². The van der Waals surface area contributed by atoms with Crippen LogP contribution in [0.15, 0.2) is 18.2 Å². The Balaban J connectivity index is 2.08. The fourth-order valence-electron chi connectivity index (χ4n) is 1.75. The Morgan fingerprint density at radius 1 is 1.41 bits per heavy atom. The van der Waals surface area contributed by atoms with Gasteiger partial charge in [0.05, 0.1) is 6.61 Å². The summed E-state index contributed by atoms with van der Waals surface area (Å²) < 4.78 is 31.5. The van der Waals surface area contributed by atoms with E-state index in [0.717, 1.165) is 31.0 Å². The maximum Gasteiger partial charge on any atom is 0.165 e. The molecule has 1 aliphatic rings. The molecule has 0 saturated heterocycles. The van der Waals surface area contributed by atoms with Crippen LogP contribution in [0.2, 0.25) is 0 Å². The van der Waals surface area contributed by atoms with Crippen molar-refractivity contribution in [1.82, 2.24) is 0 Å². The van der Waals surface area contributed by atoms with Crippen LogP contribution in [0.3, 0.4) is 0 Å². The maximum atomic E-state index is 13.3. The van der Waals surface area contributed by atoms with Crippen molar-refractivity contribution in [1.29, 1.82) is 0 Å². The molecule has 1 aromatic rings. The van der Waals surface area contributed by atoms with Gasteiger partial charge in [-0.3, -0.25) is 0 Å². The van der Waals surface area contributed by atoms with Crippen molar-refractivity contribution < 1.29 is 18.6 Å². The average molecular weight is 243 g/mol. The first-order valence-electron chi connectivity index (χ1n) is 5.60. The molecule has 0 spiro atoms. The van der Waals surface area contributed by atoms with Crippen LogP contribution < -0.4 is 10.5 Å². The van der Waals surface area contributed by atoms with Crippen LogP contribution in [0.1, 0.15) is 12.8 Å². The summed E-state index contributed by atoms with van der Waals surface area (Å²) in [6.45, 7) is -0.312. The van der Waals surface area contributed by atoms with Crippen molar-refractivity contribution in [3.8, 4) is 5.75 Å². The molecule has 17 heavy (non-hydrogen) atoms. The van der Waals surface area contributed by atoms with E-state index in [4.69, 9.17) is 10.5 Å². The molecule has 5 heteroatoms. The van der Waals surface area contributed by atoms with Gasteiger partial charge in [0.1, 0.15) is 11.9 Å². The van der Waals surface area contributed by atoms with Gasteiger partial charge in [-0.25, -0.2) is 8.78 Å². The molecular weight excluding hydrogens is 228 g/mol. The van der Waals surface area contributed by atoms with Gasteiger partial charge in [-0.2, -0.15) is 0 Å². The SMILES string of the molecule is NC(C1CC1)C(CO)Oc1cc(F)ccc1F. The minimum Gasteiger partial charge on any atom is -0.483 e. The van der Waals surface area contributed by atoms with E-state index in [2.05, 4.69) is 0 Å². The van der Waals surface area contributed by atoms with Crippen molar-refractivity contribution >= 4 is 0 Å². The second-order valence-electron chi connectivity index (χ2n) is 4.33. The monoisotopic (exact) mass is 243 g/mol. The van der Waals surface area contributed by atoms with Gasteiger partial charge in [0.15, 0.2) is 11.6 Å². The molecule has 0 aromatic heterocycles. The van der Waals surface area contributed by atoms with E-state index in [1.165, 1.54) is 0 Å². The van der Waals surface area contributed by atoms with Gasteiger partial charge < -0.3 is 15.6 Å². The number of benzene rings is 1. The van der Waals surface area contributed by atoms with E-state index in [0.29, 0.717) is 5.92 Å². The van der Waals surface area contributed by atoms with Crippen LogP contribution >= 0.6 is 0 Å². The zero-order valence-electron chi connectivity index (χ0n) is 9.27. The maximum absolute atomic E-state index is 13.3. The van der Waals surface area contributed by atoms with Gasteiger partial charge in [0.2, 0.25) is 0 Å². The Bertz CT molecular complexity index is 396. The third-order valence-electron chi connectivity index (χ3n) is 2.95. The summed E-state index contributed by atoms with van der Waals surface area (Å²) in [4.78, 5) is 0. The van der Waals surface area contributed by atoms with E-state index in [-0.39, 0.29) is 18.4 Å². The predicted molar refractivity (Wildman–Crippen MR) is 58.6 cm³/mol. The molecule has 94 valence electrons. The molecule has 2 rings (SSSR count). The number of rotatable bonds is 5. The number of nitrogens with two attached hydrogens (primary N) is 1. The van der Waals surface area contributed by atoms with Gasteiger partial charge in [-0.15, -0.1) is 0 Å². The highest BCUT2D eigenvalue weighted by Gasteiger charge is 2.35. The second-order valence-corrected chi connectivity index (χ2v) is 4.33. The predicted octanol–water partition coefficient (Wildman–Crippen LogP) is 1.44. The van der Waals surface area contributed by atoms with E-state index >= 15 is 0 Å². The molecule has 2 atom stereocenters. The average Bonchev–Trinajstić information content (AvgIpc) is 3.13. The highest BCUT2D eigenvalue weighted by atomic mass is 19.1. The van der Waals surface area contributed by atoms with E-state index in [9.17, 15) is 13.9 Å². The standard InChI is InChI=1S/C12H15F2NO2/c13-8-3-4-9(14)10(5-8)17-11(6-16)12(15)7-1-2-7/h3-5,7,11-12,16H,1-2,6,15H2. The minimum absolute atomic E-state index is 0.208. The quantitative estimate of drug-likeness (QED) is 0.822. The number of aliphatic hydroxyl groups excluding tert-OH is 1. The summed E-state index contributed by atoms with van der Waals surface area (Å²) in [5, 5.41) is 9.17. The van der Waals surface area contributed by atoms with Crippen LogP contribution in [-0.4, -0.2) is 23.9 Å². The molecule has 1 fully saturated rings. The number of hydrogen-bond donors (Lipinski definition) is 2. The van der Waals surface area contributed by atoms with Gasteiger partial charge in [0.25, 0.3) is 0 Å². The fourth-order valence-corrected chi connectivity index (χ4v) is 1.75. The minimum atomic E-state index is -0.696. The van der Waals surface area contributed by atoms with Gasteiger partial charge in [0, 0.05) is 12.1 Å². The number of ether oxygens (including phenoxy) is 1. The summed E-state index contributed by atoms with van der Waals surface area (Å²) in [5.74, 6) is -1.14. The Labute approximate surface area is 98.2 Å². The molecule has 0 radical (unpaired) electrons. The van der Waals surface area contributed by atoms with Crippen LogP contribution in [0.25, 0.3) is 0 Å². The molecule has 1 aromatic carbocycles. The Hall–Kier alpha value is -1.20. The van der Waals surface area contributed by atoms with Crippen molar-refractivity contribution in [2.45, 2.75) is 25.0 Å². The molecule has 0 bridgehead atoms. The third-order valence-corrected chi connectivity index (χ3v) is 2.95. The second kappa shape index (κ2) is 4.98. The molecule has 0 heterocycles. The lowest BCUT2D eigenvalue weighted by molar-refractivity contribution is 0.0843. The molecule has 3 nitrogen and oxygen atoms in total. The number of aliphatic hydroxyl groups is 1. The summed E-state index contributed by atoms with van der Waals surface area (Å²) in [6.07, 6.45) is 1.29. The van der Waals surface area contributed by atoms with Gasteiger partial charge in [-0.1, -0.05) is 0 Å². The Morgan fingerprint density at radius 3 is 2.71 bits per heavy atom. The normalized spacial score (nSPS) is 18.8. The molecule has 2 unspecified atom stereocenters. The van der Waals surface area contributed by atoms with Crippen LogP contribution in [-0.2, 0) is 0 Å². The van der Waals surface area contributed by atoms with Crippen molar-refractivity contribution in [2.75, 3.05) is 6.61 Å². The van der Waals surface area contributed by atoms with Crippen molar-refractivity contribution in [2.24, 2.45) is 11.7 Å². The highest BCUT2D eigenvalue weighted by molar-refractivity contribution is 5.25. The first kappa shape index (κ1) is 12.3. The lowest BCUT2D eigenvalue weighted by Crippen LogP contribution is -2.43. The first-order chi connectivity index (χ1) is 8.11. The molecule has 0 amide bonds. The van der Waals surface area contributed by atoms with Crippen molar-refractivity contribution in [3.05, 3.63) is 29.8 Å². The fraction of sp³-hybridized carbons (Fsp3) is 0.500. The highest BCUT2D eigenvalue weighted by Crippen LogP contribution is 2.34. The lowest BCUT2D eigenvalue weighted by Gasteiger charge is -2.23. The number of hydrogen-bond acceptors (Lipinski definition) is 3. The van der Waals surface area contributed by atoms with Crippen LogP contribution in [0.4, 0.5) is 8.78 Å². The molecule has 1 aliphatic carbocycles. The third kappa shape index (κ3) is 2.92. The van der Waals surface area contributed by atoms with Gasteiger partial charge >= 0.3 is 0 Å². The summed E-state index contributed by atoms with van der Waals surface area (Å²) in [5.41, 5.74) is 5.87. The number of halogens is 2. The zero-order valence-corrected chi connectivity index (χ0v) is 9.27.